The summed E-state index contributed by atoms with van der Waals surface area (Å²) in [5.74, 6) is -4.68. The highest BCUT2D eigenvalue weighted by molar-refractivity contribution is 8.00. The third-order valence-electron chi connectivity index (χ3n) is 6.12. The van der Waals surface area contributed by atoms with Crippen LogP contribution < -0.4 is 16.4 Å². The van der Waals surface area contributed by atoms with E-state index in [4.69, 9.17) is 5.73 Å². The summed E-state index contributed by atoms with van der Waals surface area (Å²) in [6.07, 6.45) is -0.354. The summed E-state index contributed by atoms with van der Waals surface area (Å²) in [6, 6.07) is 6.60. The van der Waals surface area contributed by atoms with Crippen LogP contribution in [0, 0.1) is 23.4 Å². The van der Waals surface area contributed by atoms with Gasteiger partial charge in [0, 0.05) is 43.1 Å². The van der Waals surface area contributed by atoms with Crippen molar-refractivity contribution in [2.45, 2.75) is 50.7 Å². The predicted molar refractivity (Wildman–Crippen MR) is 146 cm³/mol. The van der Waals surface area contributed by atoms with Crippen LogP contribution in [0.3, 0.4) is 0 Å². The molecule has 0 aliphatic carbocycles. The first kappa shape index (κ1) is 32.3. The minimum absolute atomic E-state index is 0. The lowest BCUT2D eigenvalue weighted by molar-refractivity contribution is -0.138. The van der Waals surface area contributed by atoms with E-state index in [1.807, 2.05) is 13.8 Å². The van der Waals surface area contributed by atoms with E-state index >= 15 is 0 Å². The molecule has 1 unspecified atom stereocenters. The van der Waals surface area contributed by atoms with Crippen molar-refractivity contribution in [3.8, 4) is 0 Å². The number of carboxylic acids is 1. The molecule has 1 saturated heterocycles. The topological polar surface area (TPSA) is 125 Å². The molecule has 0 bridgehead atoms. The number of halogens is 4. The van der Waals surface area contributed by atoms with Crippen molar-refractivity contribution in [2.24, 2.45) is 11.7 Å². The molecule has 214 valence electrons. The van der Waals surface area contributed by atoms with Crippen LogP contribution in [-0.2, 0) is 27.3 Å². The van der Waals surface area contributed by atoms with Gasteiger partial charge in [0.2, 0.25) is 5.91 Å². The second-order valence-electron chi connectivity index (χ2n) is 9.46. The molecule has 8 nitrogen and oxygen atoms in total. The van der Waals surface area contributed by atoms with Crippen LogP contribution in [0.5, 0.6) is 0 Å². The van der Waals surface area contributed by atoms with Gasteiger partial charge in [0.15, 0.2) is 17.0 Å². The number of amides is 2. The number of hydrogen-bond acceptors (Lipinski definition) is 6. The minimum Gasteiger partial charge on any atom is -0.480 e. The van der Waals surface area contributed by atoms with Gasteiger partial charge in [-0.1, -0.05) is 26.0 Å². The Hall–Kier alpha value is -2.96. The van der Waals surface area contributed by atoms with E-state index in [1.165, 1.54) is 16.7 Å². The molecular weight excluding hydrogens is 557 g/mol. The number of carbonyl (C=O) groups is 3. The molecule has 1 aliphatic heterocycles. The van der Waals surface area contributed by atoms with Crippen molar-refractivity contribution in [3.63, 3.8) is 0 Å². The van der Waals surface area contributed by atoms with Crippen molar-refractivity contribution >= 4 is 47.6 Å². The molecule has 1 fully saturated rings. The lowest BCUT2D eigenvalue weighted by Gasteiger charge is -2.24. The molecule has 5 N–H and O–H groups in total. The van der Waals surface area contributed by atoms with Gasteiger partial charge in [-0.25, -0.2) is 18.0 Å². The maximum Gasteiger partial charge on any atom is 0.326 e. The fraction of sp³-hybridized carbons (Fsp3) is 0.423. The first-order valence-electron chi connectivity index (χ1n) is 12.1. The number of aliphatic carboxylic acids is 1. The molecule has 0 radical (unpaired) electrons. The van der Waals surface area contributed by atoms with Gasteiger partial charge in [0.1, 0.15) is 11.9 Å². The van der Waals surface area contributed by atoms with Crippen LogP contribution in [0.25, 0.3) is 0 Å². The Balaban J connectivity index is 0.00000533. The molecule has 0 aromatic heterocycles. The Kier molecular flexibility index (Phi) is 11.9. The quantitative estimate of drug-likeness (QED) is 0.296. The second kappa shape index (κ2) is 14.4. The summed E-state index contributed by atoms with van der Waals surface area (Å²) in [5, 5.41) is 14.4. The highest BCUT2D eigenvalue weighted by Gasteiger charge is 2.35. The Morgan fingerprint density at radius 1 is 1.10 bits per heavy atom. The number of thioether (sulfide) groups is 1. The van der Waals surface area contributed by atoms with E-state index in [0.717, 1.165) is 11.6 Å². The van der Waals surface area contributed by atoms with Crippen LogP contribution in [0.2, 0.25) is 0 Å². The van der Waals surface area contributed by atoms with Gasteiger partial charge in [0.05, 0.1) is 0 Å². The third kappa shape index (κ3) is 8.77. The highest BCUT2D eigenvalue weighted by atomic mass is 35.5. The van der Waals surface area contributed by atoms with Crippen LogP contribution in [0.15, 0.2) is 36.4 Å². The zero-order valence-electron chi connectivity index (χ0n) is 21.5. The molecule has 2 amide bonds. The highest BCUT2D eigenvalue weighted by Crippen LogP contribution is 2.25. The maximum absolute atomic E-state index is 13.9. The van der Waals surface area contributed by atoms with Crippen molar-refractivity contribution in [2.75, 3.05) is 17.6 Å². The Labute approximate surface area is 235 Å². The number of nitrogens with one attached hydrogen (secondary N) is 2. The van der Waals surface area contributed by atoms with Crippen LogP contribution in [0.1, 0.15) is 31.4 Å². The molecule has 13 heteroatoms. The van der Waals surface area contributed by atoms with Gasteiger partial charge in [-0.3, -0.25) is 9.59 Å². The molecule has 0 saturated carbocycles. The van der Waals surface area contributed by atoms with E-state index in [2.05, 4.69) is 10.6 Å². The molecular formula is C26H32ClF3N4O4S. The molecule has 2 aromatic rings. The molecule has 0 spiro atoms. The summed E-state index contributed by atoms with van der Waals surface area (Å²) >= 11 is 1.31. The maximum atomic E-state index is 13.9. The average molecular weight is 589 g/mol. The Bertz CT molecular complexity index is 1170. The second-order valence-corrected chi connectivity index (χ2v) is 10.6. The van der Waals surface area contributed by atoms with E-state index in [0.29, 0.717) is 24.1 Å². The molecule has 3 atom stereocenters. The normalized spacial score (nSPS) is 16.4. The van der Waals surface area contributed by atoms with Crippen molar-refractivity contribution in [1.29, 1.82) is 0 Å². The SMILES string of the molecule is CC(C)C(Nc1ccc(CNC(=O)[C@H]2SCCN2C(=O)C[C@H](N)Cc2cc(F)c(F)cc2F)cc1)C(=O)O.Cl. The van der Waals surface area contributed by atoms with Crippen molar-refractivity contribution < 1.29 is 32.7 Å². The van der Waals surface area contributed by atoms with Crippen LogP contribution >= 0.6 is 24.2 Å². The number of benzene rings is 2. The van der Waals surface area contributed by atoms with Crippen molar-refractivity contribution in [3.05, 3.63) is 65.0 Å². The Morgan fingerprint density at radius 2 is 1.74 bits per heavy atom. The fourth-order valence-corrected chi connectivity index (χ4v) is 5.21. The lowest BCUT2D eigenvalue weighted by Crippen LogP contribution is -2.46. The first-order chi connectivity index (χ1) is 18.0. The average Bonchev–Trinajstić information content (AvgIpc) is 3.35. The molecule has 1 aliphatic rings. The van der Waals surface area contributed by atoms with Gasteiger partial charge < -0.3 is 26.4 Å². The zero-order valence-corrected chi connectivity index (χ0v) is 23.1. The lowest BCUT2D eigenvalue weighted by atomic mass is 10.0. The summed E-state index contributed by atoms with van der Waals surface area (Å²) in [5.41, 5.74) is 7.29. The summed E-state index contributed by atoms with van der Waals surface area (Å²) in [6.45, 7) is 4.17. The van der Waals surface area contributed by atoms with E-state index in [1.54, 1.807) is 24.3 Å². The van der Waals surface area contributed by atoms with E-state index in [9.17, 15) is 32.7 Å². The summed E-state index contributed by atoms with van der Waals surface area (Å²) < 4.78 is 40.5. The summed E-state index contributed by atoms with van der Waals surface area (Å²) in [7, 11) is 0. The number of carboxylic acid groups (broad SMARTS) is 1. The predicted octanol–water partition coefficient (Wildman–Crippen LogP) is 3.52. The number of hydrogen-bond donors (Lipinski definition) is 4. The first-order valence-corrected chi connectivity index (χ1v) is 13.2. The largest absolute Gasteiger partial charge is 0.480 e. The number of anilines is 1. The van der Waals surface area contributed by atoms with Crippen LogP contribution in [0.4, 0.5) is 18.9 Å². The van der Waals surface area contributed by atoms with Crippen LogP contribution in [-0.4, -0.2) is 57.5 Å². The van der Waals surface area contributed by atoms with Crippen molar-refractivity contribution in [1.82, 2.24) is 10.2 Å². The Morgan fingerprint density at radius 3 is 2.36 bits per heavy atom. The van der Waals surface area contributed by atoms with Gasteiger partial charge in [-0.05, 0) is 41.7 Å². The van der Waals surface area contributed by atoms with E-state index < -0.39 is 40.9 Å². The number of carbonyl (C=O) groups excluding carboxylic acids is 2. The number of nitrogens with zero attached hydrogens (tertiary/aromatic N) is 1. The van der Waals surface area contributed by atoms with Gasteiger partial charge >= 0.3 is 5.97 Å². The molecule has 1 heterocycles. The molecule has 2 aromatic carbocycles. The van der Waals surface area contributed by atoms with Gasteiger partial charge in [-0.2, -0.15) is 0 Å². The third-order valence-corrected chi connectivity index (χ3v) is 7.32. The summed E-state index contributed by atoms with van der Waals surface area (Å²) in [4.78, 5) is 38.5. The van der Waals surface area contributed by atoms with E-state index in [-0.39, 0.29) is 55.1 Å². The minimum atomic E-state index is -1.30. The fourth-order valence-electron chi connectivity index (χ4n) is 4.05. The standard InChI is InChI=1S/C26H31F3N4O4S.ClH/c1-14(2)23(26(36)37)32-18-5-3-15(4-6-18)13-31-24(35)25-33(7-8-38-25)22(34)11-17(30)9-16-10-20(28)21(29)12-19(16)27;/h3-6,10,12,14,17,23,25,32H,7-9,11,13,30H2,1-2H3,(H,31,35)(H,36,37);1H/t17-,23?,25-;/m1./s1. The zero-order chi connectivity index (χ0) is 28.0. The molecule has 39 heavy (non-hydrogen) atoms. The van der Waals surface area contributed by atoms with Gasteiger partial charge in [-0.15, -0.1) is 24.2 Å². The number of nitrogens with two attached hydrogens (primary N) is 1. The number of rotatable bonds is 11. The smallest absolute Gasteiger partial charge is 0.326 e. The monoisotopic (exact) mass is 588 g/mol. The molecule has 3 rings (SSSR count). The van der Waals surface area contributed by atoms with Gasteiger partial charge in [0.25, 0.3) is 5.91 Å².